The lowest BCUT2D eigenvalue weighted by atomic mass is 9.92. The van der Waals surface area contributed by atoms with E-state index in [9.17, 15) is 40.5 Å². The molecule has 8 N–H and O–H groups in total. The summed E-state index contributed by atoms with van der Waals surface area (Å²) in [5, 5.41) is 78.2. The van der Waals surface area contributed by atoms with Crippen molar-refractivity contribution in [1.29, 1.82) is 0 Å². The maximum atomic E-state index is 11.2. The highest BCUT2D eigenvalue weighted by atomic mass is 16.7. The summed E-state index contributed by atoms with van der Waals surface area (Å²) in [6.07, 6.45) is -14.7. The van der Waals surface area contributed by atoms with Gasteiger partial charge in [-0.2, -0.15) is 0 Å². The van der Waals surface area contributed by atoms with Gasteiger partial charge in [0.2, 0.25) is 0 Å². The van der Waals surface area contributed by atoms with E-state index in [-0.39, 0.29) is 0 Å². The predicted molar refractivity (Wildman–Crippen MR) is 84.6 cm³/mol. The summed E-state index contributed by atoms with van der Waals surface area (Å²) >= 11 is 0. The molecular formula is C15H26O13. The number of methoxy groups -OCH3 is 1. The molecule has 0 saturated carbocycles. The number of rotatable bonds is 7. The molecule has 0 spiro atoms. The second-order valence-corrected chi connectivity index (χ2v) is 6.70. The van der Waals surface area contributed by atoms with Crippen molar-refractivity contribution >= 4 is 5.97 Å². The Kier molecular flexibility index (Phi) is 7.69. The molecule has 0 amide bonds. The Morgan fingerprint density at radius 3 is 2.36 bits per heavy atom. The van der Waals surface area contributed by atoms with Crippen molar-refractivity contribution in [3.8, 4) is 0 Å². The van der Waals surface area contributed by atoms with Gasteiger partial charge in [0.1, 0.15) is 42.7 Å². The monoisotopic (exact) mass is 414 g/mol. The number of carbonyl (C=O) groups is 1. The van der Waals surface area contributed by atoms with Gasteiger partial charge >= 0.3 is 5.97 Å². The van der Waals surface area contributed by atoms with Crippen molar-refractivity contribution in [3.05, 3.63) is 0 Å². The van der Waals surface area contributed by atoms with E-state index in [2.05, 4.69) is 0 Å². The standard InChI is InChI=1S/C15H26O13/c1-25-12-7(4-17)26-13(9(21)8(12)20)27-10-5(18)2-15(24,14(22)23)28-11(10)6(19)3-16/h5-13,16-21,24H,2-4H2,1H3,(H,22,23)/t5-,6-,7-,8-,9+,10-,11-,12-,13-,15-/m1/s1. The van der Waals surface area contributed by atoms with Gasteiger partial charge in [0.25, 0.3) is 5.79 Å². The molecule has 0 aromatic carbocycles. The summed E-state index contributed by atoms with van der Waals surface area (Å²) < 4.78 is 20.7. The Labute approximate surface area is 159 Å². The Bertz CT molecular complexity index is 530. The highest BCUT2D eigenvalue weighted by Crippen LogP contribution is 2.34. The van der Waals surface area contributed by atoms with Crippen molar-refractivity contribution in [2.24, 2.45) is 0 Å². The van der Waals surface area contributed by atoms with Gasteiger partial charge in [-0.3, -0.25) is 0 Å². The fourth-order valence-electron chi connectivity index (χ4n) is 3.28. The number of aliphatic carboxylic acids is 1. The Morgan fingerprint density at radius 1 is 1.21 bits per heavy atom. The number of hydrogen-bond acceptors (Lipinski definition) is 12. The third-order valence-electron chi connectivity index (χ3n) is 4.80. The van der Waals surface area contributed by atoms with Crippen molar-refractivity contribution in [2.75, 3.05) is 20.3 Å². The third-order valence-corrected chi connectivity index (χ3v) is 4.80. The van der Waals surface area contributed by atoms with Gasteiger partial charge in [-0.05, 0) is 0 Å². The first-order valence-corrected chi connectivity index (χ1v) is 8.50. The molecule has 2 heterocycles. The predicted octanol–water partition coefficient (Wildman–Crippen LogP) is -4.90. The van der Waals surface area contributed by atoms with E-state index in [4.69, 9.17) is 24.1 Å². The first kappa shape index (κ1) is 23.3. The van der Waals surface area contributed by atoms with Crippen LogP contribution < -0.4 is 0 Å². The lowest BCUT2D eigenvalue weighted by Gasteiger charge is -2.47. The number of hydrogen-bond donors (Lipinski definition) is 8. The van der Waals surface area contributed by atoms with E-state index >= 15 is 0 Å². The first-order valence-electron chi connectivity index (χ1n) is 8.50. The molecule has 2 saturated heterocycles. The molecule has 13 heteroatoms. The van der Waals surface area contributed by atoms with Gasteiger partial charge in [0.05, 0.1) is 19.3 Å². The van der Waals surface area contributed by atoms with Crippen LogP contribution in [0.25, 0.3) is 0 Å². The SMILES string of the molecule is CO[C@H]1[C@H](O)[C@H](O)[C@@H](O[C@H]2[C@@H]([C@H](O)CO)O[C@@](O)(C(=O)O)C[C@H]2O)O[C@@H]1CO. The van der Waals surface area contributed by atoms with Crippen molar-refractivity contribution in [1.82, 2.24) is 0 Å². The molecule has 164 valence electrons. The number of aliphatic hydroxyl groups is 7. The quantitative estimate of drug-likeness (QED) is 0.196. The lowest BCUT2D eigenvalue weighted by Crippen LogP contribution is -2.65. The zero-order valence-corrected chi connectivity index (χ0v) is 14.9. The molecule has 2 rings (SSSR count). The molecule has 0 unspecified atom stereocenters. The van der Waals surface area contributed by atoms with Crippen molar-refractivity contribution < 1.29 is 64.6 Å². The van der Waals surface area contributed by atoms with Gasteiger partial charge < -0.3 is 59.8 Å². The summed E-state index contributed by atoms with van der Waals surface area (Å²) in [6, 6.07) is 0. The maximum absolute atomic E-state index is 11.2. The van der Waals surface area contributed by atoms with Crippen LogP contribution in [0.15, 0.2) is 0 Å². The van der Waals surface area contributed by atoms with E-state index in [1.54, 1.807) is 0 Å². The van der Waals surface area contributed by atoms with Crippen LogP contribution >= 0.6 is 0 Å². The Hall–Kier alpha value is -0.970. The van der Waals surface area contributed by atoms with Crippen LogP contribution in [0, 0.1) is 0 Å². The maximum Gasteiger partial charge on any atom is 0.364 e. The van der Waals surface area contributed by atoms with Crippen molar-refractivity contribution in [3.63, 3.8) is 0 Å². The number of carboxylic acid groups (broad SMARTS) is 1. The summed E-state index contributed by atoms with van der Waals surface area (Å²) in [5.41, 5.74) is 0. The van der Waals surface area contributed by atoms with Gasteiger partial charge in [-0.1, -0.05) is 0 Å². The van der Waals surface area contributed by atoms with Crippen LogP contribution in [-0.2, 0) is 23.7 Å². The molecule has 10 atom stereocenters. The minimum Gasteiger partial charge on any atom is -0.477 e. The number of carboxylic acids is 1. The normalized spacial score (nSPS) is 45.6. The third kappa shape index (κ3) is 4.44. The average Bonchev–Trinajstić information content (AvgIpc) is 2.65. The lowest BCUT2D eigenvalue weighted by molar-refractivity contribution is -0.361. The molecule has 13 nitrogen and oxygen atoms in total. The first-order chi connectivity index (χ1) is 13.1. The largest absolute Gasteiger partial charge is 0.477 e. The smallest absolute Gasteiger partial charge is 0.364 e. The molecule has 0 aliphatic carbocycles. The van der Waals surface area contributed by atoms with Crippen LogP contribution in [-0.4, -0.2) is 128 Å². The molecule has 2 aliphatic heterocycles. The highest BCUT2D eigenvalue weighted by Gasteiger charge is 2.55. The van der Waals surface area contributed by atoms with Gasteiger partial charge in [-0.25, -0.2) is 4.79 Å². The average molecular weight is 414 g/mol. The van der Waals surface area contributed by atoms with Gasteiger partial charge in [0.15, 0.2) is 6.29 Å². The van der Waals surface area contributed by atoms with E-state index in [0.717, 1.165) is 0 Å². The van der Waals surface area contributed by atoms with Gasteiger partial charge in [0, 0.05) is 13.5 Å². The summed E-state index contributed by atoms with van der Waals surface area (Å²) in [4.78, 5) is 11.2. The zero-order chi connectivity index (χ0) is 21.2. The summed E-state index contributed by atoms with van der Waals surface area (Å²) in [6.45, 7) is -1.53. The Morgan fingerprint density at radius 2 is 1.86 bits per heavy atom. The molecule has 0 radical (unpaired) electrons. The molecular weight excluding hydrogens is 388 g/mol. The molecule has 2 fully saturated rings. The molecule has 0 aromatic rings. The van der Waals surface area contributed by atoms with E-state index in [1.807, 2.05) is 0 Å². The fourth-order valence-corrected chi connectivity index (χ4v) is 3.28. The minimum atomic E-state index is -2.85. The van der Waals surface area contributed by atoms with Crippen LogP contribution in [0.1, 0.15) is 6.42 Å². The zero-order valence-electron chi connectivity index (χ0n) is 14.9. The second kappa shape index (κ2) is 9.23. The Balaban J connectivity index is 2.23. The van der Waals surface area contributed by atoms with Crippen molar-refractivity contribution in [2.45, 2.75) is 67.3 Å². The molecule has 28 heavy (non-hydrogen) atoms. The van der Waals surface area contributed by atoms with E-state index in [0.29, 0.717) is 0 Å². The van der Waals surface area contributed by atoms with E-state index in [1.165, 1.54) is 7.11 Å². The number of aliphatic hydroxyl groups excluding tert-OH is 6. The summed E-state index contributed by atoms with van der Waals surface area (Å²) in [7, 11) is 1.23. The molecule has 0 aromatic heterocycles. The topological polar surface area (TPSA) is 216 Å². The second-order valence-electron chi connectivity index (χ2n) is 6.70. The van der Waals surface area contributed by atoms with Gasteiger partial charge in [-0.15, -0.1) is 0 Å². The highest BCUT2D eigenvalue weighted by molar-refractivity contribution is 5.75. The van der Waals surface area contributed by atoms with Crippen LogP contribution in [0.5, 0.6) is 0 Å². The van der Waals surface area contributed by atoms with Crippen LogP contribution in [0.4, 0.5) is 0 Å². The van der Waals surface area contributed by atoms with Crippen LogP contribution in [0.3, 0.4) is 0 Å². The van der Waals surface area contributed by atoms with Crippen LogP contribution in [0.2, 0.25) is 0 Å². The fraction of sp³-hybridized carbons (Fsp3) is 0.933. The van der Waals surface area contributed by atoms with E-state index < -0.39 is 86.5 Å². The minimum absolute atomic E-state index is 0.604. The molecule has 0 bridgehead atoms. The molecule has 2 aliphatic rings. The summed E-state index contributed by atoms with van der Waals surface area (Å²) in [5.74, 6) is -4.67. The number of ether oxygens (including phenoxy) is 4.